The fourth-order valence-corrected chi connectivity index (χ4v) is 2.02. The summed E-state index contributed by atoms with van der Waals surface area (Å²) in [6.45, 7) is 1.90. The van der Waals surface area contributed by atoms with Crippen LogP contribution in [0.2, 0.25) is 5.02 Å². The molecule has 0 atom stereocenters. The number of hydrogen-bond donors (Lipinski definition) is 1. The first-order chi connectivity index (χ1) is 8.52. The summed E-state index contributed by atoms with van der Waals surface area (Å²) in [5, 5.41) is 9.50. The van der Waals surface area contributed by atoms with E-state index in [1.54, 1.807) is 25.4 Å². The largest absolute Gasteiger partial charge is 0.496 e. The second-order valence-corrected chi connectivity index (χ2v) is 4.31. The number of rotatable bonds is 3. The minimum Gasteiger partial charge on any atom is -0.496 e. The van der Waals surface area contributed by atoms with E-state index < -0.39 is 5.97 Å². The lowest BCUT2D eigenvalue weighted by Gasteiger charge is -2.10. The Labute approximate surface area is 109 Å². The molecule has 1 heterocycles. The Bertz CT molecular complexity index is 604. The van der Waals surface area contributed by atoms with Gasteiger partial charge < -0.3 is 14.4 Å². The molecule has 0 bridgehead atoms. The predicted molar refractivity (Wildman–Crippen MR) is 69.0 cm³/mol. The van der Waals surface area contributed by atoms with Crippen LogP contribution in [0.5, 0.6) is 5.75 Å². The quantitative estimate of drug-likeness (QED) is 0.927. The van der Waals surface area contributed by atoms with E-state index in [4.69, 9.17) is 21.4 Å². The molecule has 0 saturated carbocycles. The second-order valence-electron chi connectivity index (χ2n) is 3.87. The Hall–Kier alpha value is -1.94. The van der Waals surface area contributed by atoms with Crippen molar-refractivity contribution in [1.29, 1.82) is 0 Å². The minimum atomic E-state index is -1.02. The number of carboxylic acids is 1. The van der Waals surface area contributed by atoms with Crippen molar-refractivity contribution in [3.05, 3.63) is 46.7 Å². The van der Waals surface area contributed by atoms with E-state index in [0.717, 1.165) is 17.0 Å². The zero-order chi connectivity index (χ0) is 13.3. The number of aryl methyl sites for hydroxylation is 1. The monoisotopic (exact) mass is 265 g/mol. The molecule has 4 nitrogen and oxygen atoms in total. The van der Waals surface area contributed by atoms with Gasteiger partial charge in [0.1, 0.15) is 11.4 Å². The summed E-state index contributed by atoms with van der Waals surface area (Å²) in [6, 6.07) is 6.85. The molecule has 0 amide bonds. The normalized spacial score (nSPS) is 10.4. The molecule has 0 aliphatic heterocycles. The molecule has 2 rings (SSSR count). The smallest absolute Gasteiger partial charge is 0.352 e. The minimum absolute atomic E-state index is 0.129. The third-order valence-electron chi connectivity index (χ3n) is 2.66. The van der Waals surface area contributed by atoms with Crippen LogP contribution in [-0.2, 0) is 0 Å². The average Bonchev–Trinajstić information content (AvgIpc) is 2.71. The van der Waals surface area contributed by atoms with Gasteiger partial charge in [-0.3, -0.25) is 0 Å². The third kappa shape index (κ3) is 2.19. The average molecular weight is 266 g/mol. The van der Waals surface area contributed by atoms with Gasteiger partial charge >= 0.3 is 5.97 Å². The molecule has 0 unspecified atom stereocenters. The standard InChI is InChI=1S/C13H12ClNO3/c1-8-5-10(3-4-12(8)18-2)15-7-9(14)6-11(15)13(16)17/h3-7H,1-2H3,(H,16,17). The maximum absolute atomic E-state index is 11.1. The van der Waals surface area contributed by atoms with Crippen LogP contribution in [0.1, 0.15) is 16.1 Å². The molecule has 18 heavy (non-hydrogen) atoms. The Balaban J connectivity index is 2.55. The number of aromatic carboxylic acids is 1. The number of benzene rings is 1. The molecular weight excluding hydrogens is 254 g/mol. The SMILES string of the molecule is COc1ccc(-n2cc(Cl)cc2C(=O)O)cc1C. The number of ether oxygens (including phenoxy) is 1. The summed E-state index contributed by atoms with van der Waals surface area (Å²) in [4.78, 5) is 11.1. The fraction of sp³-hybridized carbons (Fsp3) is 0.154. The number of methoxy groups -OCH3 is 1. The fourth-order valence-electron chi connectivity index (χ4n) is 1.82. The van der Waals surface area contributed by atoms with Crippen molar-refractivity contribution in [3.8, 4) is 11.4 Å². The van der Waals surface area contributed by atoms with E-state index in [9.17, 15) is 4.79 Å². The van der Waals surface area contributed by atoms with E-state index in [-0.39, 0.29) is 5.69 Å². The van der Waals surface area contributed by atoms with Gasteiger partial charge in [-0.05, 0) is 36.8 Å². The molecule has 1 aromatic heterocycles. The van der Waals surface area contributed by atoms with Crippen LogP contribution in [0.3, 0.4) is 0 Å². The third-order valence-corrected chi connectivity index (χ3v) is 2.87. The molecule has 0 radical (unpaired) electrons. The Morgan fingerprint density at radius 2 is 2.11 bits per heavy atom. The van der Waals surface area contributed by atoms with Crippen molar-refractivity contribution in [2.24, 2.45) is 0 Å². The number of carbonyl (C=O) groups is 1. The van der Waals surface area contributed by atoms with Gasteiger partial charge in [0.25, 0.3) is 0 Å². The van der Waals surface area contributed by atoms with Gasteiger partial charge in [0.2, 0.25) is 0 Å². The molecule has 2 aromatic rings. The Kier molecular flexibility index (Phi) is 3.30. The van der Waals surface area contributed by atoms with E-state index in [1.165, 1.54) is 10.6 Å². The van der Waals surface area contributed by atoms with Crippen molar-refractivity contribution in [2.45, 2.75) is 6.92 Å². The summed E-state index contributed by atoms with van der Waals surface area (Å²) >= 11 is 5.85. The molecule has 0 aliphatic rings. The molecular formula is C13H12ClNO3. The number of nitrogens with zero attached hydrogens (tertiary/aromatic N) is 1. The van der Waals surface area contributed by atoms with Crippen molar-refractivity contribution in [3.63, 3.8) is 0 Å². The summed E-state index contributed by atoms with van der Waals surface area (Å²) in [6.07, 6.45) is 1.58. The predicted octanol–water partition coefficient (Wildman–Crippen LogP) is 3.15. The first-order valence-electron chi connectivity index (χ1n) is 5.29. The van der Waals surface area contributed by atoms with Crippen LogP contribution in [-0.4, -0.2) is 22.8 Å². The molecule has 0 spiro atoms. The van der Waals surface area contributed by atoms with Gasteiger partial charge in [-0.25, -0.2) is 4.79 Å². The first kappa shape index (κ1) is 12.5. The summed E-state index contributed by atoms with van der Waals surface area (Å²) in [5.74, 6) is -0.260. The number of carboxylic acid groups (broad SMARTS) is 1. The van der Waals surface area contributed by atoms with Gasteiger partial charge in [-0.15, -0.1) is 0 Å². The van der Waals surface area contributed by atoms with Gasteiger partial charge in [-0.1, -0.05) is 11.6 Å². The molecule has 94 valence electrons. The highest BCUT2D eigenvalue weighted by atomic mass is 35.5. The van der Waals surface area contributed by atoms with E-state index in [0.29, 0.717) is 5.02 Å². The lowest BCUT2D eigenvalue weighted by molar-refractivity contribution is 0.0688. The van der Waals surface area contributed by atoms with Crippen LogP contribution in [0.15, 0.2) is 30.5 Å². The molecule has 1 aromatic carbocycles. The van der Waals surface area contributed by atoms with Gasteiger partial charge in [0, 0.05) is 11.9 Å². The zero-order valence-electron chi connectivity index (χ0n) is 9.98. The highest BCUT2D eigenvalue weighted by molar-refractivity contribution is 6.31. The van der Waals surface area contributed by atoms with Crippen LogP contribution in [0.4, 0.5) is 0 Å². The zero-order valence-corrected chi connectivity index (χ0v) is 10.7. The van der Waals surface area contributed by atoms with Crippen LogP contribution < -0.4 is 4.74 Å². The number of hydrogen-bond acceptors (Lipinski definition) is 2. The maximum atomic E-state index is 11.1. The van der Waals surface area contributed by atoms with Crippen molar-refractivity contribution < 1.29 is 14.6 Å². The highest BCUT2D eigenvalue weighted by Crippen LogP contribution is 2.24. The maximum Gasteiger partial charge on any atom is 0.352 e. The van der Waals surface area contributed by atoms with E-state index >= 15 is 0 Å². The lowest BCUT2D eigenvalue weighted by Crippen LogP contribution is -2.05. The lowest BCUT2D eigenvalue weighted by atomic mass is 10.2. The molecule has 1 N–H and O–H groups in total. The van der Waals surface area contributed by atoms with Gasteiger partial charge in [0.05, 0.1) is 12.1 Å². The molecule has 0 saturated heterocycles. The Morgan fingerprint density at radius 3 is 2.67 bits per heavy atom. The summed E-state index contributed by atoms with van der Waals surface area (Å²) in [7, 11) is 1.59. The number of aromatic nitrogens is 1. The van der Waals surface area contributed by atoms with Crippen molar-refractivity contribution >= 4 is 17.6 Å². The first-order valence-corrected chi connectivity index (χ1v) is 5.67. The Morgan fingerprint density at radius 1 is 1.39 bits per heavy atom. The van der Waals surface area contributed by atoms with E-state index in [2.05, 4.69) is 0 Å². The molecule has 5 heteroatoms. The van der Waals surface area contributed by atoms with Crippen molar-refractivity contribution in [1.82, 2.24) is 4.57 Å². The highest BCUT2D eigenvalue weighted by Gasteiger charge is 2.13. The van der Waals surface area contributed by atoms with Gasteiger partial charge in [-0.2, -0.15) is 0 Å². The topological polar surface area (TPSA) is 51.5 Å². The van der Waals surface area contributed by atoms with Crippen LogP contribution in [0, 0.1) is 6.92 Å². The molecule has 0 fully saturated rings. The van der Waals surface area contributed by atoms with Crippen LogP contribution >= 0.6 is 11.6 Å². The summed E-state index contributed by atoms with van der Waals surface area (Å²) < 4.78 is 6.71. The second kappa shape index (κ2) is 4.74. The number of halogens is 1. The van der Waals surface area contributed by atoms with Crippen LogP contribution in [0.25, 0.3) is 5.69 Å². The molecule has 0 aliphatic carbocycles. The summed E-state index contributed by atoms with van der Waals surface area (Å²) in [5.41, 5.74) is 1.79. The van der Waals surface area contributed by atoms with Gasteiger partial charge in [0.15, 0.2) is 0 Å². The van der Waals surface area contributed by atoms with E-state index in [1.807, 2.05) is 13.0 Å². The van der Waals surface area contributed by atoms with Crippen molar-refractivity contribution in [2.75, 3.05) is 7.11 Å².